The van der Waals surface area contributed by atoms with E-state index in [4.69, 9.17) is 10.2 Å². The summed E-state index contributed by atoms with van der Waals surface area (Å²) < 4.78 is 0. The molecular weight excluding hydrogens is 276 g/mol. The summed E-state index contributed by atoms with van der Waals surface area (Å²) in [6, 6.07) is 4.40. The topological polar surface area (TPSA) is 110 Å². The number of anilines is 1. The lowest BCUT2D eigenvalue weighted by Gasteiger charge is -2.21. The Labute approximate surface area is 122 Å². The highest BCUT2D eigenvalue weighted by Gasteiger charge is 2.12. The number of unbranched alkanes of at least 4 members (excludes halogenated alkanes) is 3. The van der Waals surface area contributed by atoms with E-state index in [2.05, 4.69) is 5.43 Å². The Hall–Kier alpha value is -2.28. The van der Waals surface area contributed by atoms with Crippen molar-refractivity contribution in [2.45, 2.75) is 32.3 Å². The van der Waals surface area contributed by atoms with Gasteiger partial charge in [-0.3, -0.25) is 5.43 Å². The number of aliphatic hydroxyl groups is 1. The first-order chi connectivity index (χ1) is 10.1. The molecule has 0 atom stereocenters. The van der Waals surface area contributed by atoms with Gasteiger partial charge in [-0.1, -0.05) is 6.42 Å². The maximum Gasteiger partial charge on any atom is 0.426 e. The maximum atomic E-state index is 11.2. The highest BCUT2D eigenvalue weighted by atomic mass is 16.4. The summed E-state index contributed by atoms with van der Waals surface area (Å²) in [6.07, 6.45) is 2.35. The van der Waals surface area contributed by atoms with Gasteiger partial charge in [0.05, 0.1) is 12.3 Å². The molecule has 4 N–H and O–H groups in total. The molecule has 0 aromatic heterocycles. The Bertz CT molecular complexity index is 478. The molecular formula is C14H20N2O5. The number of hydrogen-bond donors (Lipinski definition) is 4. The first kappa shape index (κ1) is 16.8. The van der Waals surface area contributed by atoms with Crippen molar-refractivity contribution in [1.29, 1.82) is 0 Å². The molecule has 21 heavy (non-hydrogen) atoms. The molecule has 0 aliphatic heterocycles. The van der Waals surface area contributed by atoms with Crippen molar-refractivity contribution < 1.29 is 24.9 Å². The van der Waals surface area contributed by atoms with Crippen LogP contribution >= 0.6 is 0 Å². The van der Waals surface area contributed by atoms with Crippen LogP contribution in [0.15, 0.2) is 18.2 Å². The lowest BCUT2D eigenvalue weighted by molar-refractivity contribution is -0.107. The monoisotopic (exact) mass is 296 g/mol. The number of aromatic hydroxyl groups is 1. The largest absolute Gasteiger partial charge is 0.508 e. The number of carbonyl (C=O) groups is 2. The third-order valence-corrected chi connectivity index (χ3v) is 2.95. The molecule has 0 fully saturated rings. The van der Waals surface area contributed by atoms with Gasteiger partial charge in [-0.05, 0) is 31.0 Å². The van der Waals surface area contributed by atoms with Gasteiger partial charge in [0.15, 0.2) is 0 Å². The van der Waals surface area contributed by atoms with E-state index in [1.54, 1.807) is 0 Å². The van der Waals surface area contributed by atoms with E-state index in [9.17, 15) is 14.7 Å². The zero-order valence-corrected chi connectivity index (χ0v) is 11.7. The fourth-order valence-corrected chi connectivity index (χ4v) is 1.81. The van der Waals surface area contributed by atoms with Crippen LogP contribution in [0.5, 0.6) is 5.75 Å². The van der Waals surface area contributed by atoms with E-state index in [-0.39, 0.29) is 18.9 Å². The van der Waals surface area contributed by atoms with Gasteiger partial charge in [0.25, 0.3) is 0 Å². The van der Waals surface area contributed by atoms with Crippen LogP contribution in [0.4, 0.5) is 10.5 Å². The molecule has 0 aliphatic rings. The van der Waals surface area contributed by atoms with Crippen molar-refractivity contribution >= 4 is 18.1 Å². The van der Waals surface area contributed by atoms with E-state index >= 15 is 0 Å². The number of phenols is 1. The molecule has 0 spiro atoms. The molecule has 0 aliphatic carbocycles. The van der Waals surface area contributed by atoms with Crippen LogP contribution in [0.3, 0.4) is 0 Å². The lowest BCUT2D eigenvalue weighted by Crippen LogP contribution is -2.35. The fourth-order valence-electron chi connectivity index (χ4n) is 1.81. The number of carbonyl (C=O) groups excluding carboxylic acids is 1. The predicted molar refractivity (Wildman–Crippen MR) is 76.9 cm³/mol. The molecule has 0 unspecified atom stereocenters. The van der Waals surface area contributed by atoms with Crippen LogP contribution in [0.25, 0.3) is 0 Å². The quantitative estimate of drug-likeness (QED) is 0.240. The second-order valence-corrected chi connectivity index (χ2v) is 4.56. The number of amides is 1. The summed E-state index contributed by atoms with van der Waals surface area (Å²) in [6.45, 7) is -0.0519. The van der Waals surface area contributed by atoms with E-state index < -0.39 is 6.09 Å². The zero-order chi connectivity index (χ0) is 15.7. The van der Waals surface area contributed by atoms with Crippen LogP contribution in [-0.4, -0.2) is 39.3 Å². The minimum absolute atomic E-state index is 0.0428. The molecule has 0 heterocycles. The van der Waals surface area contributed by atoms with E-state index in [1.807, 2.05) is 0 Å². The Morgan fingerprint density at radius 2 is 2.05 bits per heavy atom. The van der Waals surface area contributed by atoms with Gasteiger partial charge >= 0.3 is 6.09 Å². The summed E-state index contributed by atoms with van der Waals surface area (Å²) in [5.74, 6) is -0.0428. The Kier molecular flexibility index (Phi) is 7.03. The summed E-state index contributed by atoms with van der Waals surface area (Å²) in [4.78, 5) is 21.3. The molecule has 1 rings (SSSR count). The highest BCUT2D eigenvalue weighted by molar-refractivity contribution is 5.67. The Morgan fingerprint density at radius 3 is 2.67 bits per heavy atom. The number of nitrogens with zero attached hydrogens (tertiary/aromatic N) is 1. The average Bonchev–Trinajstić information content (AvgIpc) is 2.47. The number of hydrogen-bond acceptors (Lipinski definition) is 5. The Morgan fingerprint density at radius 1 is 1.29 bits per heavy atom. The molecule has 7 nitrogen and oxygen atoms in total. The third kappa shape index (κ3) is 5.70. The van der Waals surface area contributed by atoms with Crippen molar-refractivity contribution in [2.24, 2.45) is 0 Å². The van der Waals surface area contributed by atoms with E-state index in [0.29, 0.717) is 24.1 Å². The molecule has 1 aromatic carbocycles. The van der Waals surface area contributed by atoms with Crippen molar-refractivity contribution in [3.05, 3.63) is 23.8 Å². The number of carboxylic acid groups (broad SMARTS) is 1. The van der Waals surface area contributed by atoms with Crippen LogP contribution in [-0.2, 0) is 11.4 Å². The number of hydrazine groups is 1. The second kappa shape index (κ2) is 8.80. The lowest BCUT2D eigenvalue weighted by atomic mass is 10.2. The molecule has 1 amide bonds. The van der Waals surface area contributed by atoms with Gasteiger partial charge in [-0.2, -0.15) is 0 Å². The van der Waals surface area contributed by atoms with Crippen molar-refractivity contribution in [3.8, 4) is 5.75 Å². The van der Waals surface area contributed by atoms with Crippen LogP contribution in [0, 0.1) is 0 Å². The van der Waals surface area contributed by atoms with E-state index in [1.165, 1.54) is 18.2 Å². The number of aliphatic hydroxyl groups excluding tert-OH is 1. The highest BCUT2D eigenvalue weighted by Crippen LogP contribution is 2.21. The molecule has 0 bridgehead atoms. The molecule has 1 aromatic rings. The molecule has 0 saturated heterocycles. The summed E-state index contributed by atoms with van der Waals surface area (Å²) >= 11 is 0. The van der Waals surface area contributed by atoms with Gasteiger partial charge in [-0.25, -0.2) is 9.80 Å². The summed E-state index contributed by atoms with van der Waals surface area (Å²) in [7, 11) is 0. The van der Waals surface area contributed by atoms with Crippen molar-refractivity contribution in [3.63, 3.8) is 0 Å². The van der Waals surface area contributed by atoms with Gasteiger partial charge < -0.3 is 20.1 Å². The first-order valence-corrected chi connectivity index (χ1v) is 6.72. The standard InChI is InChI=1S/C14H20N2O5/c17-8-4-2-1-3-7-16(14(20)21)15-12-5-6-13(19)11(9-12)10-18/h5-6,8-9,15,18-19H,1-4,7,10H2,(H,20,21). The summed E-state index contributed by atoms with van der Waals surface area (Å²) in [5, 5.41) is 28.7. The van der Waals surface area contributed by atoms with Gasteiger partial charge in [0.1, 0.15) is 12.0 Å². The van der Waals surface area contributed by atoms with Crippen LogP contribution < -0.4 is 5.43 Å². The molecule has 0 saturated carbocycles. The minimum atomic E-state index is -1.12. The maximum absolute atomic E-state index is 11.2. The molecule has 116 valence electrons. The zero-order valence-electron chi connectivity index (χ0n) is 11.7. The van der Waals surface area contributed by atoms with Gasteiger partial charge in [-0.15, -0.1) is 0 Å². The van der Waals surface area contributed by atoms with Crippen molar-refractivity contribution in [1.82, 2.24) is 5.01 Å². The smallest absolute Gasteiger partial charge is 0.426 e. The predicted octanol–water partition coefficient (Wildman–Crippen LogP) is 1.95. The van der Waals surface area contributed by atoms with Crippen molar-refractivity contribution in [2.75, 3.05) is 12.0 Å². The SMILES string of the molecule is O=CCCCCCN(Nc1ccc(O)c(CO)c1)C(=O)O. The fraction of sp³-hybridized carbons (Fsp3) is 0.429. The number of rotatable bonds is 9. The normalized spacial score (nSPS) is 10.1. The van der Waals surface area contributed by atoms with E-state index in [0.717, 1.165) is 24.1 Å². The van der Waals surface area contributed by atoms with Crippen LogP contribution in [0.2, 0.25) is 0 Å². The Balaban J connectivity index is 2.57. The summed E-state index contributed by atoms with van der Waals surface area (Å²) in [5.41, 5.74) is 3.49. The van der Waals surface area contributed by atoms with Gasteiger partial charge in [0, 0.05) is 18.5 Å². The first-order valence-electron chi connectivity index (χ1n) is 6.72. The minimum Gasteiger partial charge on any atom is -0.508 e. The number of aldehydes is 1. The molecule has 7 heteroatoms. The third-order valence-electron chi connectivity index (χ3n) is 2.95. The van der Waals surface area contributed by atoms with Crippen LogP contribution in [0.1, 0.15) is 31.2 Å². The number of nitrogens with one attached hydrogen (secondary N) is 1. The van der Waals surface area contributed by atoms with Gasteiger partial charge in [0.2, 0.25) is 0 Å². The molecule has 0 radical (unpaired) electrons. The average molecular weight is 296 g/mol. The number of benzene rings is 1. The second-order valence-electron chi connectivity index (χ2n) is 4.56.